The molecule has 0 saturated carbocycles. The Kier molecular flexibility index (Phi) is 4.78. The van der Waals surface area contributed by atoms with Crippen LogP contribution >= 0.6 is 11.3 Å². The van der Waals surface area contributed by atoms with Gasteiger partial charge in [0.2, 0.25) is 5.95 Å². The molecule has 1 unspecified atom stereocenters. The number of anilines is 1. The molecule has 2 N–H and O–H groups in total. The van der Waals surface area contributed by atoms with Gasteiger partial charge in [0.05, 0.1) is 17.2 Å². The second-order valence-corrected chi connectivity index (χ2v) is 7.97. The zero-order valence-corrected chi connectivity index (χ0v) is 15.7. The summed E-state index contributed by atoms with van der Waals surface area (Å²) in [5, 5.41) is 13.6. The highest BCUT2D eigenvalue weighted by Gasteiger charge is 2.22. The third-order valence-electron chi connectivity index (χ3n) is 4.81. The summed E-state index contributed by atoms with van der Waals surface area (Å²) in [6.45, 7) is 2.06. The molecule has 1 aliphatic rings. The summed E-state index contributed by atoms with van der Waals surface area (Å²) in [6, 6.07) is 9.58. The van der Waals surface area contributed by atoms with Gasteiger partial charge in [-0.15, -0.1) is 11.3 Å². The number of nitrogens with zero attached hydrogens (tertiary/aromatic N) is 2. The van der Waals surface area contributed by atoms with Gasteiger partial charge in [-0.05, 0) is 50.3 Å². The second-order valence-electron chi connectivity index (χ2n) is 6.89. The molecule has 0 bridgehead atoms. The summed E-state index contributed by atoms with van der Waals surface area (Å²) in [5.41, 5.74) is 1.97. The molecule has 0 radical (unpaired) electrons. The molecule has 0 aliphatic heterocycles. The van der Waals surface area contributed by atoms with Gasteiger partial charge in [-0.2, -0.15) is 0 Å². The number of para-hydroxylation sites is 1. The minimum atomic E-state index is -0.521. The highest BCUT2D eigenvalue weighted by molar-refractivity contribution is 7.18. The molecule has 0 amide bonds. The van der Waals surface area contributed by atoms with E-state index in [0.717, 1.165) is 35.2 Å². The molecule has 26 heavy (non-hydrogen) atoms. The second kappa shape index (κ2) is 7.21. The van der Waals surface area contributed by atoms with E-state index in [1.54, 1.807) is 22.8 Å². The summed E-state index contributed by atoms with van der Waals surface area (Å²) in [4.78, 5) is 20.4. The van der Waals surface area contributed by atoms with Crippen molar-refractivity contribution in [3.05, 3.63) is 51.1 Å². The lowest BCUT2D eigenvalue weighted by Gasteiger charge is -2.15. The van der Waals surface area contributed by atoms with Crippen LogP contribution in [0.3, 0.4) is 0 Å². The minimum absolute atomic E-state index is 0.0197. The lowest BCUT2D eigenvalue weighted by Crippen LogP contribution is -2.26. The zero-order chi connectivity index (χ0) is 18.1. The number of benzene rings is 1. The van der Waals surface area contributed by atoms with Crippen molar-refractivity contribution in [3.63, 3.8) is 0 Å². The van der Waals surface area contributed by atoms with Crippen LogP contribution in [0.2, 0.25) is 0 Å². The first-order chi connectivity index (χ1) is 12.6. The Morgan fingerprint density at radius 1 is 1.23 bits per heavy atom. The van der Waals surface area contributed by atoms with Crippen molar-refractivity contribution in [3.8, 4) is 5.69 Å². The van der Waals surface area contributed by atoms with Gasteiger partial charge in [-0.1, -0.05) is 24.6 Å². The highest BCUT2D eigenvalue weighted by Crippen LogP contribution is 2.34. The predicted molar refractivity (Wildman–Crippen MR) is 107 cm³/mol. The van der Waals surface area contributed by atoms with Gasteiger partial charge in [0.25, 0.3) is 5.56 Å². The molecule has 136 valence electrons. The van der Waals surface area contributed by atoms with Gasteiger partial charge < -0.3 is 10.4 Å². The Balaban J connectivity index is 1.95. The maximum Gasteiger partial charge on any atom is 0.268 e. The van der Waals surface area contributed by atoms with Crippen LogP contribution in [-0.2, 0) is 12.8 Å². The lowest BCUT2D eigenvalue weighted by atomic mass is 10.1. The molecular weight excluding hydrogens is 346 g/mol. The Morgan fingerprint density at radius 2 is 2.00 bits per heavy atom. The van der Waals surface area contributed by atoms with Gasteiger partial charge in [0.15, 0.2) is 0 Å². The van der Waals surface area contributed by atoms with Crippen LogP contribution in [0, 0.1) is 0 Å². The number of fused-ring (bicyclic) bond motifs is 3. The largest absolute Gasteiger partial charge is 0.392 e. The number of aliphatic hydroxyl groups excluding tert-OH is 1. The average Bonchev–Trinajstić information content (AvgIpc) is 2.82. The number of hydrogen-bond acceptors (Lipinski definition) is 5. The molecule has 0 saturated heterocycles. The summed E-state index contributed by atoms with van der Waals surface area (Å²) in [7, 11) is 0. The number of aliphatic hydroxyl groups is 1. The first-order valence-electron chi connectivity index (χ1n) is 9.20. The molecule has 2 heterocycles. The maximum absolute atomic E-state index is 13.5. The van der Waals surface area contributed by atoms with Crippen molar-refractivity contribution in [2.75, 3.05) is 11.9 Å². The fraction of sp³-hybridized carbons (Fsp3) is 0.400. The molecule has 6 heteroatoms. The van der Waals surface area contributed by atoms with Crippen molar-refractivity contribution in [1.29, 1.82) is 0 Å². The normalized spacial score (nSPS) is 15.5. The Morgan fingerprint density at radius 3 is 2.77 bits per heavy atom. The van der Waals surface area contributed by atoms with E-state index in [1.807, 2.05) is 30.3 Å². The molecule has 0 spiro atoms. The Labute approximate surface area is 156 Å². The van der Waals surface area contributed by atoms with E-state index in [2.05, 4.69) is 5.32 Å². The van der Waals surface area contributed by atoms with Crippen LogP contribution in [0.5, 0.6) is 0 Å². The fourth-order valence-corrected chi connectivity index (χ4v) is 4.81. The molecular formula is C20H23N3O2S. The van der Waals surface area contributed by atoms with E-state index in [9.17, 15) is 9.90 Å². The molecule has 0 fully saturated rings. The van der Waals surface area contributed by atoms with E-state index < -0.39 is 6.10 Å². The Bertz CT molecular complexity index is 976. The van der Waals surface area contributed by atoms with Gasteiger partial charge in [0, 0.05) is 11.4 Å². The minimum Gasteiger partial charge on any atom is -0.392 e. The highest BCUT2D eigenvalue weighted by atomic mass is 32.1. The van der Waals surface area contributed by atoms with Crippen LogP contribution < -0.4 is 10.9 Å². The Hall–Kier alpha value is -2.18. The number of hydrogen-bond donors (Lipinski definition) is 2. The molecule has 1 atom stereocenters. The van der Waals surface area contributed by atoms with Crippen molar-refractivity contribution < 1.29 is 5.11 Å². The van der Waals surface area contributed by atoms with Crippen LogP contribution in [0.25, 0.3) is 15.9 Å². The lowest BCUT2D eigenvalue weighted by molar-refractivity contribution is 0.208. The number of thiophene rings is 1. The smallest absolute Gasteiger partial charge is 0.268 e. The number of rotatable bonds is 4. The van der Waals surface area contributed by atoms with E-state index >= 15 is 0 Å². The van der Waals surface area contributed by atoms with E-state index in [0.29, 0.717) is 12.5 Å². The standard InChI is InChI=1S/C20H23N3O2S/c1-13(24)12-21-20-22-18-17(15-10-6-3-7-11-16(15)26-18)19(25)23(20)14-8-4-2-5-9-14/h2,4-5,8-9,13,24H,3,6-7,10-12H2,1H3,(H,21,22). The monoisotopic (exact) mass is 369 g/mol. The van der Waals surface area contributed by atoms with Gasteiger partial charge in [0.1, 0.15) is 4.83 Å². The predicted octanol–water partition coefficient (Wildman–Crippen LogP) is 3.51. The average molecular weight is 369 g/mol. The first kappa shape index (κ1) is 17.2. The van der Waals surface area contributed by atoms with Crippen LogP contribution in [-0.4, -0.2) is 27.3 Å². The molecule has 3 aromatic rings. The van der Waals surface area contributed by atoms with Gasteiger partial charge in [-0.3, -0.25) is 4.79 Å². The molecule has 1 aliphatic carbocycles. The quantitative estimate of drug-likeness (QED) is 0.691. The fourth-order valence-electron chi connectivity index (χ4n) is 3.56. The van der Waals surface area contributed by atoms with E-state index in [4.69, 9.17) is 4.98 Å². The van der Waals surface area contributed by atoms with Crippen LogP contribution in [0.4, 0.5) is 5.95 Å². The SMILES string of the molecule is CC(O)CNc1nc2sc3c(c2c(=O)n1-c1ccccc1)CCCCC3. The third-order valence-corrected chi connectivity index (χ3v) is 5.99. The van der Waals surface area contributed by atoms with Gasteiger partial charge >= 0.3 is 0 Å². The molecule has 2 aromatic heterocycles. The number of nitrogens with one attached hydrogen (secondary N) is 1. The molecule has 1 aromatic carbocycles. The summed E-state index contributed by atoms with van der Waals surface area (Å²) in [5.74, 6) is 0.492. The van der Waals surface area contributed by atoms with Crippen molar-refractivity contribution in [2.24, 2.45) is 0 Å². The van der Waals surface area contributed by atoms with Crippen molar-refractivity contribution in [1.82, 2.24) is 9.55 Å². The summed E-state index contributed by atoms with van der Waals surface area (Å²) < 4.78 is 1.64. The summed E-state index contributed by atoms with van der Waals surface area (Å²) in [6.07, 6.45) is 5.01. The number of aryl methyl sites for hydroxylation is 2. The van der Waals surface area contributed by atoms with Crippen molar-refractivity contribution >= 4 is 27.5 Å². The van der Waals surface area contributed by atoms with Crippen molar-refractivity contribution in [2.45, 2.75) is 45.1 Å². The van der Waals surface area contributed by atoms with E-state index in [-0.39, 0.29) is 5.56 Å². The van der Waals surface area contributed by atoms with Crippen LogP contribution in [0.1, 0.15) is 36.6 Å². The first-order valence-corrected chi connectivity index (χ1v) is 10.0. The molecule has 4 rings (SSSR count). The van der Waals surface area contributed by atoms with Gasteiger partial charge in [-0.25, -0.2) is 9.55 Å². The topological polar surface area (TPSA) is 67.2 Å². The maximum atomic E-state index is 13.5. The third kappa shape index (κ3) is 3.15. The zero-order valence-electron chi connectivity index (χ0n) is 14.9. The van der Waals surface area contributed by atoms with Crippen LogP contribution in [0.15, 0.2) is 35.1 Å². The number of aromatic nitrogens is 2. The summed E-state index contributed by atoms with van der Waals surface area (Å²) >= 11 is 1.65. The van der Waals surface area contributed by atoms with E-state index in [1.165, 1.54) is 23.3 Å². The molecule has 5 nitrogen and oxygen atoms in total.